The van der Waals surface area contributed by atoms with Crippen molar-refractivity contribution in [1.82, 2.24) is 0 Å². The molecule has 29 heavy (non-hydrogen) atoms. The number of rotatable bonds is 7. The molecule has 0 spiro atoms. The summed E-state index contributed by atoms with van der Waals surface area (Å²) < 4.78 is 34.3. The lowest BCUT2D eigenvalue weighted by Crippen LogP contribution is -2.15. The predicted octanol–water partition coefficient (Wildman–Crippen LogP) is 5.27. The number of furan rings is 1. The molecule has 2 aromatic carbocycles. The Morgan fingerprint density at radius 3 is 2.41 bits per heavy atom. The van der Waals surface area contributed by atoms with Gasteiger partial charge in [0.15, 0.2) is 5.76 Å². The molecule has 152 valence electrons. The van der Waals surface area contributed by atoms with Crippen molar-refractivity contribution in [3.63, 3.8) is 0 Å². The summed E-state index contributed by atoms with van der Waals surface area (Å²) in [6.45, 7) is 1.68. The number of aryl methyl sites for hydroxylation is 1. The molecule has 0 aliphatic rings. The molecule has 6 nitrogen and oxygen atoms in total. The number of benzene rings is 2. The lowest BCUT2D eigenvalue weighted by Gasteiger charge is -2.12. The van der Waals surface area contributed by atoms with Crippen molar-refractivity contribution >= 4 is 55.0 Å². The molecular formula is C20H19BrN2O4S2. The number of halogens is 1. The number of nitrogens with one attached hydrogen (secondary N) is 2. The number of hydrogen-bond donors (Lipinski definition) is 2. The topological polar surface area (TPSA) is 88.4 Å². The highest BCUT2D eigenvalue weighted by atomic mass is 79.9. The van der Waals surface area contributed by atoms with E-state index in [1.54, 1.807) is 67.2 Å². The molecule has 0 atom stereocenters. The standard InChI is InChI=1S/C20H19BrN2O4S2/c1-13-11-16(22-20(24)18-9-8-17(27-18)12-28-2)7-10-19(13)29(25,26)23-15-5-3-14(21)4-6-15/h3-11,23H,12H2,1-2H3,(H,22,24). The Labute approximate surface area is 182 Å². The van der Waals surface area contributed by atoms with Crippen LogP contribution < -0.4 is 10.0 Å². The lowest BCUT2D eigenvalue weighted by molar-refractivity contribution is 0.0995. The van der Waals surface area contributed by atoms with Gasteiger partial charge in [0.05, 0.1) is 10.6 Å². The number of sulfonamides is 1. The third kappa shape index (κ3) is 5.43. The maximum atomic E-state index is 12.7. The maximum Gasteiger partial charge on any atom is 0.291 e. The van der Waals surface area contributed by atoms with Crippen molar-refractivity contribution in [2.75, 3.05) is 16.3 Å². The van der Waals surface area contributed by atoms with Crippen molar-refractivity contribution in [3.8, 4) is 0 Å². The summed E-state index contributed by atoms with van der Waals surface area (Å²) in [5, 5.41) is 2.73. The Morgan fingerprint density at radius 2 is 1.76 bits per heavy atom. The lowest BCUT2D eigenvalue weighted by atomic mass is 10.2. The molecule has 0 bridgehead atoms. The first-order valence-corrected chi connectivity index (χ1v) is 12.2. The zero-order valence-electron chi connectivity index (χ0n) is 15.7. The fourth-order valence-corrected chi connectivity index (χ4v) is 4.66. The minimum atomic E-state index is -3.76. The van der Waals surface area contributed by atoms with E-state index in [9.17, 15) is 13.2 Å². The van der Waals surface area contributed by atoms with Crippen LogP contribution in [0.4, 0.5) is 11.4 Å². The molecule has 0 aliphatic heterocycles. The average Bonchev–Trinajstić information content (AvgIpc) is 3.12. The van der Waals surface area contributed by atoms with E-state index in [0.717, 1.165) is 10.2 Å². The van der Waals surface area contributed by atoms with Gasteiger partial charge in [-0.15, -0.1) is 0 Å². The monoisotopic (exact) mass is 494 g/mol. The summed E-state index contributed by atoms with van der Waals surface area (Å²) in [7, 11) is -3.76. The molecule has 1 heterocycles. The number of anilines is 2. The average molecular weight is 495 g/mol. The molecule has 0 fully saturated rings. The molecule has 3 rings (SSSR count). The molecule has 0 aliphatic carbocycles. The van der Waals surface area contributed by atoms with Crippen LogP contribution in [-0.4, -0.2) is 20.6 Å². The van der Waals surface area contributed by atoms with Crippen molar-refractivity contribution in [3.05, 3.63) is 76.2 Å². The second-order valence-corrected chi connectivity index (χ2v) is 9.68. The first kappa shape index (κ1) is 21.5. The SMILES string of the molecule is CSCc1ccc(C(=O)Nc2ccc(S(=O)(=O)Nc3ccc(Br)cc3)c(C)c2)o1. The molecule has 0 unspecified atom stereocenters. The Morgan fingerprint density at radius 1 is 1.07 bits per heavy atom. The van der Waals surface area contributed by atoms with Crippen LogP contribution in [0.3, 0.4) is 0 Å². The van der Waals surface area contributed by atoms with E-state index in [-0.39, 0.29) is 16.6 Å². The van der Waals surface area contributed by atoms with Crippen LogP contribution in [0.2, 0.25) is 0 Å². The summed E-state index contributed by atoms with van der Waals surface area (Å²) in [5.41, 5.74) is 1.46. The van der Waals surface area contributed by atoms with Crippen LogP contribution in [0, 0.1) is 6.92 Å². The molecule has 3 aromatic rings. The fraction of sp³-hybridized carbons (Fsp3) is 0.150. The third-order valence-corrected chi connectivity index (χ3v) is 6.63. The number of amides is 1. The van der Waals surface area contributed by atoms with E-state index >= 15 is 0 Å². The van der Waals surface area contributed by atoms with Crippen molar-refractivity contribution in [2.45, 2.75) is 17.6 Å². The van der Waals surface area contributed by atoms with Gasteiger partial charge in [0.25, 0.3) is 15.9 Å². The Hall–Kier alpha value is -2.23. The van der Waals surface area contributed by atoms with Crippen LogP contribution in [-0.2, 0) is 15.8 Å². The van der Waals surface area contributed by atoms with Crippen molar-refractivity contribution in [1.29, 1.82) is 0 Å². The van der Waals surface area contributed by atoms with Gasteiger partial charge in [0.1, 0.15) is 5.76 Å². The van der Waals surface area contributed by atoms with Gasteiger partial charge in [-0.05, 0) is 73.3 Å². The van der Waals surface area contributed by atoms with E-state index < -0.39 is 10.0 Å². The zero-order valence-corrected chi connectivity index (χ0v) is 18.9. The molecule has 0 saturated carbocycles. The first-order chi connectivity index (χ1) is 13.8. The largest absolute Gasteiger partial charge is 0.455 e. The Bertz CT molecular complexity index is 1130. The molecule has 0 radical (unpaired) electrons. The van der Waals surface area contributed by atoms with E-state index in [0.29, 0.717) is 22.7 Å². The van der Waals surface area contributed by atoms with Gasteiger partial charge in [-0.25, -0.2) is 8.42 Å². The second kappa shape index (κ2) is 9.06. The van der Waals surface area contributed by atoms with E-state index in [2.05, 4.69) is 26.0 Å². The minimum Gasteiger partial charge on any atom is -0.455 e. The van der Waals surface area contributed by atoms with Gasteiger partial charge in [0, 0.05) is 15.8 Å². The number of hydrogen-bond acceptors (Lipinski definition) is 5. The van der Waals surface area contributed by atoms with Gasteiger partial charge in [0.2, 0.25) is 0 Å². The predicted molar refractivity (Wildman–Crippen MR) is 120 cm³/mol. The van der Waals surface area contributed by atoms with Crippen LogP contribution in [0.25, 0.3) is 0 Å². The van der Waals surface area contributed by atoms with Crippen LogP contribution in [0.15, 0.2) is 68.4 Å². The molecule has 0 saturated heterocycles. The van der Waals surface area contributed by atoms with Gasteiger partial charge < -0.3 is 9.73 Å². The Balaban J connectivity index is 1.75. The van der Waals surface area contributed by atoms with Gasteiger partial charge >= 0.3 is 0 Å². The van der Waals surface area contributed by atoms with E-state index in [1.807, 2.05) is 6.26 Å². The van der Waals surface area contributed by atoms with Gasteiger partial charge in [-0.2, -0.15) is 11.8 Å². The smallest absolute Gasteiger partial charge is 0.291 e. The third-order valence-electron chi connectivity index (χ3n) is 3.99. The van der Waals surface area contributed by atoms with Crippen LogP contribution in [0.1, 0.15) is 21.9 Å². The maximum absolute atomic E-state index is 12.7. The van der Waals surface area contributed by atoms with Gasteiger partial charge in [-0.1, -0.05) is 15.9 Å². The second-order valence-electron chi connectivity index (χ2n) is 6.25. The summed E-state index contributed by atoms with van der Waals surface area (Å²) in [4.78, 5) is 12.5. The summed E-state index contributed by atoms with van der Waals surface area (Å²) in [6.07, 6.45) is 1.95. The summed E-state index contributed by atoms with van der Waals surface area (Å²) in [5.74, 6) is 1.23. The molecule has 1 amide bonds. The highest BCUT2D eigenvalue weighted by Crippen LogP contribution is 2.24. The first-order valence-electron chi connectivity index (χ1n) is 8.56. The number of thioether (sulfide) groups is 1. The van der Waals surface area contributed by atoms with Crippen LogP contribution >= 0.6 is 27.7 Å². The Kier molecular flexibility index (Phi) is 6.71. The summed E-state index contributed by atoms with van der Waals surface area (Å²) in [6, 6.07) is 14.8. The van der Waals surface area contributed by atoms with Crippen LogP contribution in [0.5, 0.6) is 0 Å². The molecular weight excluding hydrogens is 476 g/mol. The van der Waals surface area contributed by atoms with Gasteiger partial charge in [-0.3, -0.25) is 9.52 Å². The van der Waals surface area contributed by atoms with E-state index in [4.69, 9.17) is 4.42 Å². The quantitative estimate of drug-likeness (QED) is 0.467. The highest BCUT2D eigenvalue weighted by molar-refractivity contribution is 9.10. The molecule has 9 heteroatoms. The zero-order chi connectivity index (χ0) is 21.0. The van der Waals surface area contributed by atoms with E-state index in [1.165, 1.54) is 6.07 Å². The fourth-order valence-electron chi connectivity index (χ4n) is 2.67. The minimum absolute atomic E-state index is 0.138. The summed E-state index contributed by atoms with van der Waals surface area (Å²) >= 11 is 4.92. The van der Waals surface area contributed by atoms with Crippen molar-refractivity contribution in [2.24, 2.45) is 0 Å². The van der Waals surface area contributed by atoms with Crippen molar-refractivity contribution < 1.29 is 17.6 Å². The number of carbonyl (C=O) groups excluding carboxylic acids is 1. The number of carbonyl (C=O) groups is 1. The normalized spacial score (nSPS) is 11.3. The molecule has 2 N–H and O–H groups in total. The highest BCUT2D eigenvalue weighted by Gasteiger charge is 2.18. The molecule has 1 aromatic heterocycles.